The van der Waals surface area contributed by atoms with Crippen molar-refractivity contribution in [2.45, 2.75) is 23.1 Å². The van der Waals surface area contributed by atoms with Crippen molar-refractivity contribution in [1.29, 1.82) is 0 Å². The number of hydrogen-bond acceptors (Lipinski definition) is 6. The monoisotopic (exact) mass is 344 g/mol. The van der Waals surface area contributed by atoms with Crippen LogP contribution in [0.4, 0.5) is 0 Å². The van der Waals surface area contributed by atoms with Crippen LogP contribution in [0.1, 0.15) is 12.6 Å². The minimum Gasteiger partial charge on any atom is -0.339 e. The van der Waals surface area contributed by atoms with Crippen molar-refractivity contribution in [2.24, 2.45) is 0 Å². The van der Waals surface area contributed by atoms with Gasteiger partial charge in [-0.25, -0.2) is 4.98 Å². The van der Waals surface area contributed by atoms with E-state index in [2.05, 4.69) is 15.0 Å². The second-order valence-corrected chi connectivity index (χ2v) is 7.72. The first-order valence-corrected chi connectivity index (χ1v) is 8.85. The summed E-state index contributed by atoms with van der Waals surface area (Å²) >= 11 is 3.11. The topological polar surface area (TPSA) is 59.0 Å². The predicted octanol–water partition coefficient (Wildman–Crippen LogP) is 3.23. The van der Waals surface area contributed by atoms with Crippen LogP contribution >= 0.6 is 23.1 Å². The zero-order chi connectivity index (χ0) is 16.2. The molecule has 2 aromatic heterocycles. The van der Waals surface area contributed by atoms with E-state index in [9.17, 15) is 4.79 Å². The summed E-state index contributed by atoms with van der Waals surface area (Å²) in [6.07, 6.45) is 4.93. The van der Waals surface area contributed by atoms with Crippen molar-refractivity contribution in [3.8, 4) is 0 Å². The first-order valence-electron chi connectivity index (χ1n) is 7.15. The van der Waals surface area contributed by atoms with Crippen LogP contribution in [0.15, 0.2) is 47.2 Å². The molecule has 0 bridgehead atoms. The number of benzene rings is 1. The number of carbonyl (C=O) groups excluding carboxylic acids is 1. The lowest BCUT2D eigenvalue weighted by atomic mass is 10.3. The molecule has 1 atom stereocenters. The van der Waals surface area contributed by atoms with Gasteiger partial charge >= 0.3 is 0 Å². The van der Waals surface area contributed by atoms with Gasteiger partial charge in [-0.15, -0.1) is 11.3 Å². The van der Waals surface area contributed by atoms with E-state index < -0.39 is 0 Å². The van der Waals surface area contributed by atoms with Gasteiger partial charge in [-0.2, -0.15) is 0 Å². The van der Waals surface area contributed by atoms with Crippen molar-refractivity contribution in [3.05, 3.63) is 48.5 Å². The summed E-state index contributed by atoms with van der Waals surface area (Å²) in [5.74, 6) is 0.0555. The summed E-state index contributed by atoms with van der Waals surface area (Å²) in [7, 11) is 1.78. The fraction of sp³-hybridized carbons (Fsp3) is 0.250. The van der Waals surface area contributed by atoms with E-state index in [4.69, 9.17) is 0 Å². The maximum absolute atomic E-state index is 12.5. The number of amides is 1. The van der Waals surface area contributed by atoms with Gasteiger partial charge in [0.2, 0.25) is 5.91 Å². The van der Waals surface area contributed by atoms with Crippen LogP contribution < -0.4 is 0 Å². The largest absolute Gasteiger partial charge is 0.339 e. The van der Waals surface area contributed by atoms with E-state index in [0.717, 1.165) is 20.3 Å². The molecule has 0 aliphatic carbocycles. The summed E-state index contributed by atoms with van der Waals surface area (Å²) in [6, 6.07) is 8.00. The van der Waals surface area contributed by atoms with Gasteiger partial charge in [0.25, 0.3) is 0 Å². The Hall–Kier alpha value is -1.99. The number of fused-ring (bicyclic) bond motifs is 1. The quantitative estimate of drug-likeness (QED) is 0.665. The maximum Gasteiger partial charge on any atom is 0.235 e. The molecule has 5 nitrogen and oxygen atoms in total. The Morgan fingerprint density at radius 3 is 2.91 bits per heavy atom. The van der Waals surface area contributed by atoms with Gasteiger partial charge in [-0.3, -0.25) is 14.8 Å². The maximum atomic E-state index is 12.5. The molecule has 1 aromatic carbocycles. The average Bonchev–Trinajstić information content (AvgIpc) is 2.97. The highest BCUT2D eigenvalue weighted by molar-refractivity contribution is 8.02. The molecular formula is C16H16N4OS2. The lowest BCUT2D eigenvalue weighted by molar-refractivity contribution is -0.129. The molecule has 1 amide bonds. The third kappa shape index (κ3) is 3.86. The molecule has 2 heterocycles. The zero-order valence-electron chi connectivity index (χ0n) is 12.8. The first kappa shape index (κ1) is 15.9. The Balaban J connectivity index is 1.64. The summed E-state index contributed by atoms with van der Waals surface area (Å²) in [4.78, 5) is 27.0. The van der Waals surface area contributed by atoms with Gasteiger partial charge in [-0.05, 0) is 19.1 Å². The van der Waals surface area contributed by atoms with Crippen LogP contribution in [0.25, 0.3) is 10.2 Å². The second-order valence-electron chi connectivity index (χ2n) is 5.10. The number of thiazole rings is 1. The summed E-state index contributed by atoms with van der Waals surface area (Å²) < 4.78 is 2.06. The third-order valence-corrected chi connectivity index (χ3v) is 5.51. The highest BCUT2D eigenvalue weighted by atomic mass is 32.2. The Morgan fingerprint density at radius 1 is 1.35 bits per heavy atom. The van der Waals surface area contributed by atoms with Gasteiger partial charge in [0.05, 0.1) is 33.9 Å². The summed E-state index contributed by atoms with van der Waals surface area (Å²) in [5, 5.41) is -0.197. The van der Waals surface area contributed by atoms with Crippen LogP contribution in [0, 0.1) is 0 Å². The van der Waals surface area contributed by atoms with Crippen molar-refractivity contribution < 1.29 is 4.79 Å². The normalized spacial score (nSPS) is 12.3. The van der Waals surface area contributed by atoms with Gasteiger partial charge < -0.3 is 4.90 Å². The molecule has 118 valence electrons. The zero-order valence-corrected chi connectivity index (χ0v) is 14.5. The number of carbonyl (C=O) groups is 1. The molecule has 0 radical (unpaired) electrons. The van der Waals surface area contributed by atoms with E-state index >= 15 is 0 Å². The van der Waals surface area contributed by atoms with Crippen LogP contribution in [0.5, 0.6) is 0 Å². The Bertz CT molecular complexity index is 773. The molecule has 0 aliphatic heterocycles. The number of nitrogens with zero attached hydrogens (tertiary/aromatic N) is 4. The molecule has 0 unspecified atom stereocenters. The van der Waals surface area contributed by atoms with Gasteiger partial charge in [0, 0.05) is 19.4 Å². The molecule has 0 aliphatic rings. The molecule has 23 heavy (non-hydrogen) atoms. The van der Waals surface area contributed by atoms with E-state index in [1.54, 1.807) is 41.9 Å². The molecule has 0 saturated heterocycles. The molecule has 7 heteroatoms. The lowest BCUT2D eigenvalue weighted by Gasteiger charge is -2.19. The Kier molecular flexibility index (Phi) is 4.88. The number of para-hydroxylation sites is 1. The predicted molar refractivity (Wildman–Crippen MR) is 93.4 cm³/mol. The minimum atomic E-state index is -0.197. The third-order valence-electron chi connectivity index (χ3n) is 3.29. The molecule has 0 spiro atoms. The van der Waals surface area contributed by atoms with Crippen LogP contribution in [-0.2, 0) is 11.3 Å². The van der Waals surface area contributed by atoms with Gasteiger partial charge in [0.1, 0.15) is 0 Å². The average molecular weight is 344 g/mol. The fourth-order valence-electron chi connectivity index (χ4n) is 2.15. The second kappa shape index (κ2) is 7.06. The first-order chi connectivity index (χ1) is 11.1. The SMILES string of the molecule is C[C@@H](Sc1nc2ccccc2s1)C(=O)N(C)Cc1cnccn1. The Morgan fingerprint density at radius 2 is 2.17 bits per heavy atom. The van der Waals surface area contributed by atoms with Crippen molar-refractivity contribution >= 4 is 39.2 Å². The standard InChI is InChI=1S/C16H16N4OS2/c1-11(15(21)20(2)10-12-9-17-7-8-18-12)22-16-19-13-5-3-4-6-14(13)23-16/h3-9,11H,10H2,1-2H3/t11-/m1/s1. The highest BCUT2D eigenvalue weighted by Crippen LogP contribution is 2.32. The van der Waals surface area contributed by atoms with Crippen LogP contribution in [0.3, 0.4) is 0 Å². The number of thioether (sulfide) groups is 1. The van der Waals surface area contributed by atoms with Gasteiger partial charge in [-0.1, -0.05) is 23.9 Å². The van der Waals surface area contributed by atoms with E-state index in [0.29, 0.717) is 6.54 Å². The highest BCUT2D eigenvalue weighted by Gasteiger charge is 2.20. The fourth-order valence-corrected chi connectivity index (χ4v) is 4.47. The molecule has 0 N–H and O–H groups in total. The number of rotatable bonds is 5. The van der Waals surface area contributed by atoms with Crippen molar-refractivity contribution in [1.82, 2.24) is 19.9 Å². The van der Waals surface area contributed by atoms with Crippen LogP contribution in [0.2, 0.25) is 0 Å². The number of hydrogen-bond donors (Lipinski definition) is 0. The van der Waals surface area contributed by atoms with E-state index in [1.807, 2.05) is 31.2 Å². The number of aromatic nitrogens is 3. The molecule has 0 fully saturated rings. The van der Waals surface area contributed by atoms with Gasteiger partial charge in [0.15, 0.2) is 4.34 Å². The summed E-state index contributed by atoms with van der Waals surface area (Å²) in [6.45, 7) is 2.36. The Labute approximate surface area is 142 Å². The lowest BCUT2D eigenvalue weighted by Crippen LogP contribution is -2.33. The minimum absolute atomic E-state index is 0.0555. The van der Waals surface area contributed by atoms with E-state index in [-0.39, 0.29) is 11.2 Å². The molecule has 0 saturated carbocycles. The molecule has 3 aromatic rings. The van der Waals surface area contributed by atoms with Crippen molar-refractivity contribution in [3.63, 3.8) is 0 Å². The summed E-state index contributed by atoms with van der Waals surface area (Å²) in [5.41, 5.74) is 1.76. The van der Waals surface area contributed by atoms with Crippen LogP contribution in [-0.4, -0.2) is 38.1 Å². The molecule has 3 rings (SSSR count). The van der Waals surface area contributed by atoms with E-state index in [1.165, 1.54) is 11.8 Å². The van der Waals surface area contributed by atoms with Crippen molar-refractivity contribution in [2.75, 3.05) is 7.05 Å². The molecular weight excluding hydrogens is 328 g/mol. The smallest absolute Gasteiger partial charge is 0.235 e.